The molecule has 0 aromatic carbocycles. The summed E-state index contributed by atoms with van der Waals surface area (Å²) in [4.78, 5) is 2.40. The van der Waals surface area contributed by atoms with Crippen LogP contribution in [-0.4, -0.2) is 50.3 Å². The van der Waals surface area contributed by atoms with Gasteiger partial charge in [-0.3, -0.25) is 4.90 Å². The average Bonchev–Trinajstić information content (AvgIpc) is 2.20. The number of nitrogens with zero attached hydrogens (tertiary/aromatic N) is 2. The van der Waals surface area contributed by atoms with Gasteiger partial charge in [0.15, 0.2) is 0 Å². The van der Waals surface area contributed by atoms with E-state index < -0.39 is 0 Å². The van der Waals surface area contributed by atoms with Crippen molar-refractivity contribution in [3.05, 3.63) is 0 Å². The highest BCUT2D eigenvalue weighted by atomic mass is 16.5. The molecule has 0 saturated carbocycles. The number of hydrogen-bond acceptors (Lipinski definition) is 4. The predicted molar refractivity (Wildman–Crippen MR) is 55.0 cm³/mol. The summed E-state index contributed by atoms with van der Waals surface area (Å²) in [6.45, 7) is 7.77. The van der Waals surface area contributed by atoms with Crippen LogP contribution in [0.4, 0.5) is 0 Å². The molecule has 0 bridgehead atoms. The number of ether oxygens (including phenoxy) is 1. The SMILES string of the molecule is CC(CN1CCOCC1)NCCC#N. The van der Waals surface area contributed by atoms with Gasteiger partial charge in [-0.25, -0.2) is 0 Å². The quantitative estimate of drug-likeness (QED) is 0.640. The summed E-state index contributed by atoms with van der Waals surface area (Å²) in [6.07, 6.45) is 0.591. The van der Waals surface area contributed by atoms with E-state index in [4.69, 9.17) is 10.00 Å². The lowest BCUT2D eigenvalue weighted by atomic mass is 10.3. The molecule has 0 amide bonds. The second kappa shape index (κ2) is 6.77. The third kappa shape index (κ3) is 4.56. The lowest BCUT2D eigenvalue weighted by molar-refractivity contribution is 0.0344. The first kappa shape index (κ1) is 11.4. The Hall–Kier alpha value is -0.630. The first-order chi connectivity index (χ1) is 6.83. The van der Waals surface area contributed by atoms with Gasteiger partial charge in [0.05, 0.1) is 19.3 Å². The Morgan fingerprint density at radius 1 is 1.50 bits per heavy atom. The highest BCUT2D eigenvalue weighted by molar-refractivity contribution is 4.74. The molecular weight excluding hydrogens is 178 g/mol. The minimum atomic E-state index is 0.460. The van der Waals surface area contributed by atoms with Crippen LogP contribution in [0.25, 0.3) is 0 Å². The number of hydrogen-bond donors (Lipinski definition) is 1. The topological polar surface area (TPSA) is 48.3 Å². The Balaban J connectivity index is 2.06. The molecule has 0 radical (unpaired) electrons. The lowest BCUT2D eigenvalue weighted by Crippen LogP contribution is -2.44. The minimum Gasteiger partial charge on any atom is -0.379 e. The van der Waals surface area contributed by atoms with Gasteiger partial charge in [0, 0.05) is 38.6 Å². The summed E-state index contributed by atoms with van der Waals surface area (Å²) >= 11 is 0. The van der Waals surface area contributed by atoms with Crippen LogP contribution in [0.2, 0.25) is 0 Å². The maximum atomic E-state index is 8.38. The molecule has 1 heterocycles. The molecule has 0 spiro atoms. The maximum absolute atomic E-state index is 8.38. The molecule has 1 aliphatic rings. The predicted octanol–water partition coefficient (Wildman–Crippen LogP) is 0.210. The van der Waals surface area contributed by atoms with E-state index >= 15 is 0 Å². The van der Waals surface area contributed by atoms with E-state index in [9.17, 15) is 0 Å². The standard InChI is InChI=1S/C10H19N3O/c1-10(12-4-2-3-11)9-13-5-7-14-8-6-13/h10,12H,2,4-9H2,1H3. The molecule has 1 saturated heterocycles. The fraction of sp³-hybridized carbons (Fsp3) is 0.900. The van der Waals surface area contributed by atoms with E-state index in [0.717, 1.165) is 39.4 Å². The van der Waals surface area contributed by atoms with Gasteiger partial charge < -0.3 is 10.1 Å². The Bertz CT molecular complexity index is 184. The molecule has 0 aromatic heterocycles. The van der Waals surface area contributed by atoms with Gasteiger partial charge in [-0.2, -0.15) is 5.26 Å². The first-order valence-corrected chi connectivity index (χ1v) is 5.23. The second-order valence-electron chi connectivity index (χ2n) is 3.68. The van der Waals surface area contributed by atoms with Crippen LogP contribution in [0, 0.1) is 11.3 Å². The number of rotatable bonds is 5. The third-order valence-electron chi connectivity index (χ3n) is 2.37. The summed E-state index contributed by atoms with van der Waals surface area (Å²) in [5.74, 6) is 0. The fourth-order valence-corrected chi connectivity index (χ4v) is 1.61. The van der Waals surface area contributed by atoms with Crippen LogP contribution < -0.4 is 5.32 Å². The van der Waals surface area contributed by atoms with Crippen molar-refractivity contribution in [3.8, 4) is 6.07 Å². The maximum Gasteiger partial charge on any atom is 0.0635 e. The van der Waals surface area contributed by atoms with Crippen LogP contribution >= 0.6 is 0 Å². The molecular formula is C10H19N3O. The fourth-order valence-electron chi connectivity index (χ4n) is 1.61. The van der Waals surface area contributed by atoms with Crippen LogP contribution in [0.5, 0.6) is 0 Å². The monoisotopic (exact) mass is 197 g/mol. The van der Waals surface area contributed by atoms with Gasteiger partial charge >= 0.3 is 0 Å². The Labute approximate surface area is 85.8 Å². The second-order valence-corrected chi connectivity index (χ2v) is 3.68. The Morgan fingerprint density at radius 2 is 2.21 bits per heavy atom. The van der Waals surface area contributed by atoms with Crippen molar-refractivity contribution in [1.29, 1.82) is 5.26 Å². The van der Waals surface area contributed by atoms with Crippen molar-refractivity contribution in [2.45, 2.75) is 19.4 Å². The van der Waals surface area contributed by atoms with Crippen LogP contribution in [-0.2, 0) is 4.74 Å². The molecule has 0 aliphatic carbocycles. The van der Waals surface area contributed by atoms with Crippen molar-refractivity contribution >= 4 is 0 Å². The zero-order chi connectivity index (χ0) is 10.2. The van der Waals surface area contributed by atoms with Crippen LogP contribution in [0.3, 0.4) is 0 Å². The average molecular weight is 197 g/mol. The molecule has 4 heteroatoms. The number of nitrogens with one attached hydrogen (secondary N) is 1. The van der Waals surface area contributed by atoms with Gasteiger partial charge in [-0.15, -0.1) is 0 Å². The Kier molecular flexibility index (Phi) is 5.53. The Morgan fingerprint density at radius 3 is 2.86 bits per heavy atom. The third-order valence-corrected chi connectivity index (χ3v) is 2.37. The van der Waals surface area contributed by atoms with Crippen molar-refractivity contribution in [3.63, 3.8) is 0 Å². The molecule has 1 N–H and O–H groups in total. The van der Waals surface area contributed by atoms with Gasteiger partial charge in [-0.05, 0) is 6.92 Å². The zero-order valence-electron chi connectivity index (χ0n) is 8.83. The van der Waals surface area contributed by atoms with Crippen molar-refractivity contribution < 1.29 is 4.74 Å². The van der Waals surface area contributed by atoms with E-state index in [1.165, 1.54) is 0 Å². The number of nitriles is 1. The van der Waals surface area contributed by atoms with Crippen molar-refractivity contribution in [2.75, 3.05) is 39.4 Å². The summed E-state index contributed by atoms with van der Waals surface area (Å²) < 4.78 is 5.27. The summed E-state index contributed by atoms with van der Waals surface area (Å²) in [6, 6.07) is 2.59. The van der Waals surface area contributed by atoms with Gasteiger partial charge in [-0.1, -0.05) is 0 Å². The highest BCUT2D eigenvalue weighted by Crippen LogP contribution is 1.98. The summed E-state index contributed by atoms with van der Waals surface area (Å²) in [5.41, 5.74) is 0. The van der Waals surface area contributed by atoms with E-state index in [1.807, 2.05) is 0 Å². The van der Waals surface area contributed by atoms with Crippen LogP contribution in [0.15, 0.2) is 0 Å². The largest absolute Gasteiger partial charge is 0.379 e. The highest BCUT2D eigenvalue weighted by Gasteiger charge is 2.12. The van der Waals surface area contributed by atoms with E-state index in [1.54, 1.807) is 0 Å². The normalized spacial score (nSPS) is 20.3. The van der Waals surface area contributed by atoms with E-state index in [2.05, 4.69) is 23.2 Å². The van der Waals surface area contributed by atoms with E-state index in [0.29, 0.717) is 12.5 Å². The first-order valence-electron chi connectivity index (χ1n) is 5.23. The smallest absolute Gasteiger partial charge is 0.0635 e. The molecule has 1 rings (SSSR count). The molecule has 0 aromatic rings. The van der Waals surface area contributed by atoms with Crippen molar-refractivity contribution in [2.24, 2.45) is 0 Å². The summed E-state index contributed by atoms with van der Waals surface area (Å²) in [5, 5.41) is 11.7. The molecule has 1 aliphatic heterocycles. The summed E-state index contributed by atoms with van der Waals surface area (Å²) in [7, 11) is 0. The minimum absolute atomic E-state index is 0.460. The molecule has 4 nitrogen and oxygen atoms in total. The van der Waals surface area contributed by atoms with Gasteiger partial charge in [0.25, 0.3) is 0 Å². The molecule has 80 valence electrons. The molecule has 1 fully saturated rings. The molecule has 14 heavy (non-hydrogen) atoms. The van der Waals surface area contributed by atoms with Crippen LogP contribution in [0.1, 0.15) is 13.3 Å². The van der Waals surface area contributed by atoms with Gasteiger partial charge in [0.2, 0.25) is 0 Å². The zero-order valence-corrected chi connectivity index (χ0v) is 8.83. The lowest BCUT2D eigenvalue weighted by Gasteiger charge is -2.29. The van der Waals surface area contributed by atoms with E-state index in [-0.39, 0.29) is 0 Å². The molecule has 1 atom stereocenters. The number of morpholine rings is 1. The van der Waals surface area contributed by atoms with Gasteiger partial charge in [0.1, 0.15) is 0 Å². The molecule has 1 unspecified atom stereocenters. The van der Waals surface area contributed by atoms with Crippen molar-refractivity contribution in [1.82, 2.24) is 10.2 Å².